The van der Waals surface area contributed by atoms with Crippen LogP contribution in [0.15, 0.2) is 59.7 Å². The fourth-order valence-corrected chi connectivity index (χ4v) is 4.74. The van der Waals surface area contributed by atoms with Crippen molar-refractivity contribution in [2.75, 3.05) is 0 Å². The highest BCUT2D eigenvalue weighted by Gasteiger charge is 2.12. The van der Waals surface area contributed by atoms with Crippen molar-refractivity contribution >= 4 is 80.5 Å². The first-order valence-electron chi connectivity index (χ1n) is 8.52. The normalized spacial score (nSPS) is 10.9. The Morgan fingerprint density at radius 3 is 2.50 bits per heavy atom. The number of carbonyl (C=O) groups is 1. The SMILES string of the molecule is O=C(N/N=C/c1cc(I)c(O)c(I)c1)c1ccccc1OCc1ccc(Cl)cc1Cl. The quantitative estimate of drug-likeness (QED) is 0.186. The first kappa shape index (κ1) is 23.1. The van der Waals surface area contributed by atoms with E-state index >= 15 is 0 Å². The van der Waals surface area contributed by atoms with E-state index in [-0.39, 0.29) is 12.4 Å². The number of ether oxygens (including phenoxy) is 1. The molecule has 0 saturated carbocycles. The minimum atomic E-state index is -0.410. The molecule has 0 aromatic heterocycles. The number of hydrogen-bond donors (Lipinski definition) is 2. The van der Waals surface area contributed by atoms with Gasteiger partial charge in [0.2, 0.25) is 0 Å². The number of halogens is 4. The van der Waals surface area contributed by atoms with Gasteiger partial charge in [-0.1, -0.05) is 41.4 Å². The van der Waals surface area contributed by atoms with Gasteiger partial charge in [0.05, 0.1) is 18.9 Å². The Kier molecular flexibility index (Phi) is 8.20. The molecule has 3 aromatic carbocycles. The zero-order chi connectivity index (χ0) is 21.7. The summed E-state index contributed by atoms with van der Waals surface area (Å²) in [6.45, 7) is 0.188. The highest BCUT2D eigenvalue weighted by molar-refractivity contribution is 14.1. The number of aromatic hydroxyl groups is 1. The molecule has 0 saturated heterocycles. The summed E-state index contributed by atoms with van der Waals surface area (Å²) >= 11 is 16.2. The highest BCUT2D eigenvalue weighted by atomic mass is 127. The molecule has 0 aliphatic rings. The monoisotopic (exact) mass is 666 g/mol. The van der Waals surface area contributed by atoms with E-state index in [4.69, 9.17) is 27.9 Å². The molecule has 154 valence electrons. The van der Waals surface area contributed by atoms with Crippen LogP contribution in [0.25, 0.3) is 0 Å². The van der Waals surface area contributed by atoms with Gasteiger partial charge in [-0.3, -0.25) is 4.79 Å². The number of amides is 1. The van der Waals surface area contributed by atoms with Crippen molar-refractivity contribution in [3.63, 3.8) is 0 Å². The second kappa shape index (κ2) is 10.7. The van der Waals surface area contributed by atoms with Gasteiger partial charge >= 0.3 is 0 Å². The molecule has 5 nitrogen and oxygen atoms in total. The van der Waals surface area contributed by atoms with Crippen LogP contribution in [0.5, 0.6) is 11.5 Å². The zero-order valence-electron chi connectivity index (χ0n) is 15.2. The summed E-state index contributed by atoms with van der Waals surface area (Å²) in [5.41, 5.74) is 4.35. The van der Waals surface area contributed by atoms with Crippen molar-refractivity contribution in [1.29, 1.82) is 0 Å². The molecular formula is C21H14Cl2I2N2O3. The predicted molar refractivity (Wildman–Crippen MR) is 136 cm³/mol. The van der Waals surface area contributed by atoms with Crippen LogP contribution in [0, 0.1) is 7.14 Å². The van der Waals surface area contributed by atoms with Crippen LogP contribution in [-0.4, -0.2) is 17.2 Å². The Bertz CT molecular complexity index is 1100. The third-order valence-electron chi connectivity index (χ3n) is 3.95. The number of nitrogens with zero attached hydrogens (tertiary/aromatic N) is 1. The van der Waals surface area contributed by atoms with Gasteiger partial charge in [-0.25, -0.2) is 5.43 Å². The average Bonchev–Trinajstić information content (AvgIpc) is 2.71. The molecule has 1 amide bonds. The molecule has 3 rings (SSSR count). The van der Waals surface area contributed by atoms with Crippen molar-refractivity contribution in [2.24, 2.45) is 5.10 Å². The molecule has 9 heteroatoms. The molecule has 2 N–H and O–H groups in total. The summed E-state index contributed by atoms with van der Waals surface area (Å²) in [6.07, 6.45) is 1.51. The molecule has 0 aliphatic heterocycles. The van der Waals surface area contributed by atoms with E-state index in [9.17, 15) is 9.90 Å². The minimum absolute atomic E-state index is 0.188. The van der Waals surface area contributed by atoms with Crippen LogP contribution < -0.4 is 10.2 Å². The second-order valence-corrected chi connectivity index (χ2v) is 9.22. The number of rotatable bonds is 6. The maximum atomic E-state index is 12.6. The van der Waals surface area contributed by atoms with Crippen LogP contribution in [0.4, 0.5) is 0 Å². The summed E-state index contributed by atoms with van der Waals surface area (Å²) < 4.78 is 7.21. The molecular weight excluding hydrogens is 653 g/mol. The van der Waals surface area contributed by atoms with Gasteiger partial charge in [0.25, 0.3) is 5.91 Å². The van der Waals surface area contributed by atoms with E-state index in [2.05, 4.69) is 10.5 Å². The lowest BCUT2D eigenvalue weighted by atomic mass is 10.2. The lowest BCUT2D eigenvalue weighted by Gasteiger charge is -2.11. The summed E-state index contributed by atoms with van der Waals surface area (Å²) in [6, 6.07) is 15.5. The van der Waals surface area contributed by atoms with E-state index < -0.39 is 5.91 Å². The Hall–Kier alpha value is -1.56. The molecule has 0 radical (unpaired) electrons. The smallest absolute Gasteiger partial charge is 0.275 e. The Labute approximate surface area is 210 Å². The lowest BCUT2D eigenvalue weighted by Crippen LogP contribution is -2.18. The maximum absolute atomic E-state index is 12.6. The van der Waals surface area contributed by atoms with E-state index in [0.29, 0.717) is 28.5 Å². The number of hydrazone groups is 1. The van der Waals surface area contributed by atoms with Gasteiger partial charge in [-0.2, -0.15) is 5.10 Å². The summed E-state index contributed by atoms with van der Waals surface area (Å²) in [5, 5.41) is 14.9. The number of benzene rings is 3. The van der Waals surface area contributed by atoms with Gasteiger partial charge in [0.1, 0.15) is 18.1 Å². The van der Waals surface area contributed by atoms with E-state index in [0.717, 1.165) is 11.1 Å². The van der Waals surface area contributed by atoms with Gasteiger partial charge in [-0.15, -0.1) is 0 Å². The van der Waals surface area contributed by atoms with Crippen molar-refractivity contribution in [1.82, 2.24) is 5.43 Å². The first-order valence-corrected chi connectivity index (χ1v) is 11.4. The summed E-state index contributed by atoms with van der Waals surface area (Å²) in [4.78, 5) is 12.6. The van der Waals surface area contributed by atoms with Crippen LogP contribution in [0.2, 0.25) is 10.0 Å². The van der Waals surface area contributed by atoms with E-state index in [1.807, 2.05) is 45.2 Å². The second-order valence-electron chi connectivity index (χ2n) is 6.05. The average molecular weight is 667 g/mol. The van der Waals surface area contributed by atoms with E-state index in [1.165, 1.54) is 6.21 Å². The molecule has 0 unspecified atom stereocenters. The highest BCUT2D eigenvalue weighted by Crippen LogP contribution is 2.27. The van der Waals surface area contributed by atoms with Crippen molar-refractivity contribution in [3.8, 4) is 11.5 Å². The van der Waals surface area contributed by atoms with Crippen molar-refractivity contribution in [3.05, 3.63) is 88.5 Å². The standard InChI is InChI=1S/C21H14Cl2I2N2O3/c22-14-6-5-13(16(23)9-14)11-30-19-4-2-1-3-15(19)21(29)27-26-10-12-7-17(24)20(28)18(25)8-12/h1-10,28H,11H2,(H,27,29)/b26-10+. The molecule has 3 aromatic rings. The molecule has 30 heavy (non-hydrogen) atoms. The Morgan fingerprint density at radius 2 is 1.80 bits per heavy atom. The number of phenols is 1. The lowest BCUT2D eigenvalue weighted by molar-refractivity contribution is 0.0950. The topological polar surface area (TPSA) is 70.9 Å². The third-order valence-corrected chi connectivity index (χ3v) is 6.18. The van der Waals surface area contributed by atoms with Gasteiger partial charge < -0.3 is 9.84 Å². The van der Waals surface area contributed by atoms with Crippen LogP contribution in [0.3, 0.4) is 0 Å². The molecule has 0 heterocycles. The minimum Gasteiger partial charge on any atom is -0.506 e. The van der Waals surface area contributed by atoms with Crippen molar-refractivity contribution in [2.45, 2.75) is 6.61 Å². The first-order chi connectivity index (χ1) is 14.3. The summed E-state index contributed by atoms with van der Waals surface area (Å²) in [5.74, 6) is 0.224. The fourth-order valence-electron chi connectivity index (χ4n) is 2.46. The number of phenolic OH excluding ortho intramolecular Hbond substituents is 1. The summed E-state index contributed by atoms with van der Waals surface area (Å²) in [7, 11) is 0. The van der Waals surface area contributed by atoms with Gasteiger partial charge in [-0.05, 0) is 87.1 Å². The number of carbonyl (C=O) groups excluding carboxylic acids is 1. The van der Waals surface area contributed by atoms with Crippen LogP contribution in [0.1, 0.15) is 21.5 Å². The molecule has 0 atom stereocenters. The number of hydrogen-bond acceptors (Lipinski definition) is 4. The van der Waals surface area contributed by atoms with Gasteiger partial charge in [0, 0.05) is 15.6 Å². The van der Waals surface area contributed by atoms with Crippen LogP contribution >= 0.6 is 68.4 Å². The Morgan fingerprint density at radius 1 is 1.10 bits per heavy atom. The largest absolute Gasteiger partial charge is 0.506 e. The molecule has 0 aliphatic carbocycles. The van der Waals surface area contributed by atoms with Crippen LogP contribution in [-0.2, 0) is 6.61 Å². The number of para-hydroxylation sites is 1. The van der Waals surface area contributed by atoms with E-state index in [1.54, 1.807) is 54.6 Å². The van der Waals surface area contributed by atoms with Crippen molar-refractivity contribution < 1.29 is 14.6 Å². The molecule has 0 spiro atoms. The fraction of sp³-hybridized carbons (Fsp3) is 0.0476. The number of nitrogens with one attached hydrogen (secondary N) is 1. The van der Waals surface area contributed by atoms with Gasteiger partial charge in [0.15, 0.2) is 0 Å². The zero-order valence-corrected chi connectivity index (χ0v) is 21.0. The predicted octanol–water partition coefficient (Wildman–Crippen LogP) is 6.25. The Balaban J connectivity index is 1.69. The molecule has 0 bridgehead atoms. The third kappa shape index (κ3) is 5.99. The maximum Gasteiger partial charge on any atom is 0.275 e. The molecule has 0 fully saturated rings.